The third-order valence-electron chi connectivity index (χ3n) is 3.85. The zero-order valence-corrected chi connectivity index (χ0v) is 12.2. The maximum atomic E-state index is 4.76. The molecule has 1 heteroatoms. The van der Waals surface area contributed by atoms with Crippen LogP contribution in [0.4, 0.5) is 0 Å². The van der Waals surface area contributed by atoms with Gasteiger partial charge in [-0.25, -0.2) is 0 Å². The van der Waals surface area contributed by atoms with Gasteiger partial charge in [-0.3, -0.25) is 4.98 Å². The zero-order chi connectivity index (χ0) is 14.1. The Morgan fingerprint density at radius 3 is 2.20 bits per heavy atom. The smallest absolute Gasteiger partial charge is 0.0783 e. The van der Waals surface area contributed by atoms with Crippen LogP contribution in [0.15, 0.2) is 54.7 Å². The Kier molecular flexibility index (Phi) is 3.27. The first-order valence-corrected chi connectivity index (χ1v) is 7.12. The van der Waals surface area contributed by atoms with Crippen molar-refractivity contribution in [3.63, 3.8) is 0 Å². The van der Waals surface area contributed by atoms with Crippen molar-refractivity contribution in [3.05, 3.63) is 65.9 Å². The fraction of sp³-hybridized carbons (Fsp3) is 0.211. The molecule has 0 aliphatic rings. The molecule has 3 aromatic rings. The third kappa shape index (κ3) is 2.09. The van der Waals surface area contributed by atoms with E-state index in [1.165, 1.54) is 27.5 Å². The molecule has 1 nitrogen and oxygen atoms in total. The van der Waals surface area contributed by atoms with Crippen molar-refractivity contribution in [2.45, 2.75) is 26.7 Å². The maximum Gasteiger partial charge on any atom is 0.0783 e. The van der Waals surface area contributed by atoms with Crippen LogP contribution >= 0.6 is 0 Å². The van der Waals surface area contributed by atoms with Crippen molar-refractivity contribution < 1.29 is 0 Å². The summed E-state index contributed by atoms with van der Waals surface area (Å²) in [6, 6.07) is 17.0. The van der Waals surface area contributed by atoms with Crippen LogP contribution in [-0.4, -0.2) is 4.98 Å². The number of hydrogen-bond donors (Lipinski definition) is 0. The topological polar surface area (TPSA) is 12.9 Å². The van der Waals surface area contributed by atoms with Crippen molar-refractivity contribution in [1.82, 2.24) is 4.98 Å². The lowest BCUT2D eigenvalue weighted by molar-refractivity contribution is 0.869. The first kappa shape index (κ1) is 12.9. The number of nitrogens with zero attached hydrogens (tertiary/aromatic N) is 1. The van der Waals surface area contributed by atoms with Gasteiger partial charge >= 0.3 is 0 Å². The van der Waals surface area contributed by atoms with Gasteiger partial charge in [-0.15, -0.1) is 0 Å². The minimum Gasteiger partial charge on any atom is -0.255 e. The van der Waals surface area contributed by atoms with Gasteiger partial charge < -0.3 is 0 Å². The second kappa shape index (κ2) is 5.09. The van der Waals surface area contributed by atoms with Crippen molar-refractivity contribution in [2.75, 3.05) is 0 Å². The highest BCUT2D eigenvalue weighted by atomic mass is 14.7. The number of aromatic nitrogens is 1. The van der Waals surface area contributed by atoms with Crippen LogP contribution in [0.5, 0.6) is 0 Å². The van der Waals surface area contributed by atoms with E-state index in [-0.39, 0.29) is 0 Å². The van der Waals surface area contributed by atoms with Gasteiger partial charge in [0.2, 0.25) is 0 Å². The Bertz CT molecular complexity index is 757. The van der Waals surface area contributed by atoms with Gasteiger partial charge in [0.25, 0.3) is 0 Å². The molecule has 20 heavy (non-hydrogen) atoms. The SMILES string of the molecule is Cc1ccccc1-c1ncc(C(C)C)c2ccccc12. The Labute approximate surface area is 120 Å². The van der Waals surface area contributed by atoms with Crippen LogP contribution < -0.4 is 0 Å². The Balaban J connectivity index is 2.34. The van der Waals surface area contributed by atoms with E-state index in [0.717, 1.165) is 5.69 Å². The largest absolute Gasteiger partial charge is 0.255 e. The molecule has 2 aromatic carbocycles. The standard InChI is InChI=1S/C19H19N/c1-13(2)18-12-20-19(15-9-5-4-8-14(15)3)17-11-7-6-10-16(17)18/h4-13H,1-3H3. The molecule has 100 valence electrons. The number of hydrogen-bond acceptors (Lipinski definition) is 1. The highest BCUT2D eigenvalue weighted by molar-refractivity contribution is 5.97. The molecule has 0 bridgehead atoms. The quantitative estimate of drug-likeness (QED) is 0.607. The molecule has 3 rings (SSSR count). The highest BCUT2D eigenvalue weighted by Gasteiger charge is 2.12. The number of aryl methyl sites for hydroxylation is 1. The highest BCUT2D eigenvalue weighted by Crippen LogP contribution is 2.32. The van der Waals surface area contributed by atoms with Gasteiger partial charge in [0.1, 0.15) is 0 Å². The number of pyridine rings is 1. The molecule has 0 fully saturated rings. The predicted octanol–water partition coefficient (Wildman–Crippen LogP) is 5.33. The van der Waals surface area contributed by atoms with Crippen LogP contribution in [0.25, 0.3) is 22.0 Å². The van der Waals surface area contributed by atoms with Crippen LogP contribution in [0.3, 0.4) is 0 Å². The van der Waals surface area contributed by atoms with Crippen molar-refractivity contribution in [2.24, 2.45) is 0 Å². The van der Waals surface area contributed by atoms with Crippen molar-refractivity contribution in [3.8, 4) is 11.3 Å². The van der Waals surface area contributed by atoms with E-state index < -0.39 is 0 Å². The van der Waals surface area contributed by atoms with Crippen LogP contribution in [0.2, 0.25) is 0 Å². The minimum atomic E-state index is 0.485. The van der Waals surface area contributed by atoms with E-state index in [1.807, 2.05) is 6.20 Å². The normalized spacial score (nSPS) is 11.2. The van der Waals surface area contributed by atoms with E-state index in [0.29, 0.717) is 5.92 Å². The van der Waals surface area contributed by atoms with Gasteiger partial charge in [0.15, 0.2) is 0 Å². The van der Waals surface area contributed by atoms with E-state index in [1.54, 1.807) is 0 Å². The molecule has 0 atom stereocenters. The van der Waals surface area contributed by atoms with Gasteiger partial charge in [-0.05, 0) is 29.4 Å². The Morgan fingerprint density at radius 2 is 1.50 bits per heavy atom. The summed E-state index contributed by atoms with van der Waals surface area (Å²) in [4.78, 5) is 4.76. The Hall–Kier alpha value is -2.15. The summed E-state index contributed by atoms with van der Waals surface area (Å²) in [7, 11) is 0. The lowest BCUT2D eigenvalue weighted by Crippen LogP contribution is -1.95. The molecule has 0 aliphatic heterocycles. The molecule has 0 radical (unpaired) electrons. The van der Waals surface area contributed by atoms with Gasteiger partial charge in [-0.1, -0.05) is 62.4 Å². The molecule has 0 aliphatic carbocycles. The number of benzene rings is 2. The van der Waals surface area contributed by atoms with E-state index in [2.05, 4.69) is 69.3 Å². The number of rotatable bonds is 2. The zero-order valence-electron chi connectivity index (χ0n) is 12.2. The molecule has 1 heterocycles. The molecular weight excluding hydrogens is 242 g/mol. The van der Waals surface area contributed by atoms with E-state index in [4.69, 9.17) is 4.98 Å². The summed E-state index contributed by atoms with van der Waals surface area (Å²) >= 11 is 0. The maximum absolute atomic E-state index is 4.76. The summed E-state index contributed by atoms with van der Waals surface area (Å²) in [6.07, 6.45) is 2.04. The molecule has 1 aromatic heterocycles. The molecule has 0 amide bonds. The average molecular weight is 261 g/mol. The predicted molar refractivity (Wildman–Crippen MR) is 86.0 cm³/mol. The minimum absolute atomic E-state index is 0.485. The van der Waals surface area contributed by atoms with Crippen LogP contribution in [0, 0.1) is 6.92 Å². The summed E-state index contributed by atoms with van der Waals surface area (Å²) in [5.74, 6) is 0.485. The van der Waals surface area contributed by atoms with Crippen LogP contribution in [0.1, 0.15) is 30.9 Å². The molecule has 0 N–H and O–H groups in total. The lowest BCUT2D eigenvalue weighted by atomic mass is 9.94. The second-order valence-electron chi connectivity index (χ2n) is 5.58. The molecule has 0 saturated heterocycles. The van der Waals surface area contributed by atoms with Crippen LogP contribution in [-0.2, 0) is 0 Å². The van der Waals surface area contributed by atoms with Gasteiger partial charge in [0, 0.05) is 17.1 Å². The fourth-order valence-corrected chi connectivity index (χ4v) is 2.73. The summed E-state index contributed by atoms with van der Waals surface area (Å²) in [6.45, 7) is 6.58. The summed E-state index contributed by atoms with van der Waals surface area (Å²) in [5, 5.41) is 2.56. The van der Waals surface area contributed by atoms with Gasteiger partial charge in [-0.2, -0.15) is 0 Å². The lowest BCUT2D eigenvalue weighted by Gasteiger charge is -2.14. The Morgan fingerprint density at radius 1 is 0.850 bits per heavy atom. The first-order valence-electron chi connectivity index (χ1n) is 7.12. The monoisotopic (exact) mass is 261 g/mol. The first-order chi connectivity index (χ1) is 9.68. The van der Waals surface area contributed by atoms with E-state index >= 15 is 0 Å². The third-order valence-corrected chi connectivity index (χ3v) is 3.85. The van der Waals surface area contributed by atoms with E-state index in [9.17, 15) is 0 Å². The molecular formula is C19H19N. The summed E-state index contributed by atoms with van der Waals surface area (Å²) in [5.41, 5.74) is 4.89. The molecule has 0 spiro atoms. The fourth-order valence-electron chi connectivity index (χ4n) is 2.73. The average Bonchev–Trinajstić information content (AvgIpc) is 2.46. The van der Waals surface area contributed by atoms with Crippen molar-refractivity contribution in [1.29, 1.82) is 0 Å². The summed E-state index contributed by atoms with van der Waals surface area (Å²) < 4.78 is 0. The number of fused-ring (bicyclic) bond motifs is 1. The van der Waals surface area contributed by atoms with Crippen molar-refractivity contribution >= 4 is 10.8 Å². The van der Waals surface area contributed by atoms with Gasteiger partial charge in [0.05, 0.1) is 5.69 Å². The second-order valence-corrected chi connectivity index (χ2v) is 5.58. The molecule has 0 unspecified atom stereocenters. The molecule has 0 saturated carbocycles.